The number of benzene rings is 3. The Morgan fingerprint density at radius 3 is 2.28 bits per heavy atom. The van der Waals surface area contributed by atoms with Crippen LogP contribution in [-0.4, -0.2) is 78.9 Å². The molecule has 46 heavy (non-hydrogen) atoms. The van der Waals surface area contributed by atoms with Gasteiger partial charge < -0.3 is 40.3 Å². The van der Waals surface area contributed by atoms with E-state index >= 15 is 0 Å². The average Bonchev–Trinajstić information content (AvgIpc) is 3.02. The van der Waals surface area contributed by atoms with Gasteiger partial charge in [-0.1, -0.05) is 13.0 Å². The van der Waals surface area contributed by atoms with Gasteiger partial charge in [0.2, 0.25) is 0 Å². The highest BCUT2D eigenvalue weighted by Gasteiger charge is 2.35. The standard InChI is InChI=1S/C32H36F3N5O6/c1-19-16-40(20(2)18-41)29(42)25-6-5-7-26(38-30(43)36-22-12-14-24(45-4)15-13-22)28(25)46-27(19)17-39(3)31(44)37-23-10-8-21(9-11-23)32(33,34)35/h5-15,19-20,27,41H,16-18H2,1-4H3,(H,37,44)(H2,36,38,43)/t19-,20-,27+/m0/s1. The molecular formula is C32H36F3N5O6. The van der Waals surface area contributed by atoms with Gasteiger partial charge in [0.25, 0.3) is 5.91 Å². The van der Waals surface area contributed by atoms with Crippen molar-refractivity contribution in [3.8, 4) is 11.5 Å². The molecule has 3 aromatic carbocycles. The minimum Gasteiger partial charge on any atom is -0.497 e. The first-order valence-electron chi connectivity index (χ1n) is 14.4. The zero-order valence-corrected chi connectivity index (χ0v) is 25.7. The van der Waals surface area contributed by atoms with Crippen LogP contribution in [0.15, 0.2) is 66.7 Å². The van der Waals surface area contributed by atoms with Crippen LogP contribution in [0.25, 0.3) is 0 Å². The summed E-state index contributed by atoms with van der Waals surface area (Å²) in [6.07, 6.45) is -5.22. The Bertz CT molecular complexity index is 1530. The molecule has 3 atom stereocenters. The lowest BCUT2D eigenvalue weighted by atomic mass is 9.99. The number of hydrogen-bond acceptors (Lipinski definition) is 6. The fourth-order valence-electron chi connectivity index (χ4n) is 4.83. The third kappa shape index (κ3) is 8.18. The third-order valence-electron chi connectivity index (χ3n) is 7.55. The largest absolute Gasteiger partial charge is 0.497 e. The number of anilines is 3. The molecule has 1 aliphatic heterocycles. The number of halogens is 3. The maximum atomic E-state index is 13.7. The van der Waals surface area contributed by atoms with Crippen molar-refractivity contribution in [2.24, 2.45) is 5.92 Å². The number of alkyl halides is 3. The summed E-state index contributed by atoms with van der Waals surface area (Å²) in [5.74, 6) is -0.0779. The maximum absolute atomic E-state index is 13.7. The number of para-hydroxylation sites is 1. The summed E-state index contributed by atoms with van der Waals surface area (Å²) in [6.45, 7) is 3.43. The smallest absolute Gasteiger partial charge is 0.416 e. The van der Waals surface area contributed by atoms with Gasteiger partial charge in [-0.05, 0) is 67.6 Å². The summed E-state index contributed by atoms with van der Waals surface area (Å²) in [5, 5.41) is 17.9. The van der Waals surface area contributed by atoms with E-state index in [9.17, 15) is 32.7 Å². The normalized spacial score (nSPS) is 17.0. The average molecular weight is 644 g/mol. The number of fused-ring (bicyclic) bond motifs is 1. The molecule has 0 spiro atoms. The molecule has 5 amide bonds. The van der Waals surface area contributed by atoms with Crippen LogP contribution in [0.1, 0.15) is 29.8 Å². The van der Waals surface area contributed by atoms with Crippen molar-refractivity contribution in [1.29, 1.82) is 0 Å². The number of hydrogen-bond donors (Lipinski definition) is 4. The van der Waals surface area contributed by atoms with Crippen molar-refractivity contribution >= 4 is 35.0 Å². The number of carbonyl (C=O) groups excluding carboxylic acids is 3. The zero-order valence-electron chi connectivity index (χ0n) is 25.7. The van der Waals surface area contributed by atoms with Crippen LogP contribution in [0.3, 0.4) is 0 Å². The number of amides is 5. The molecule has 11 nitrogen and oxygen atoms in total. The van der Waals surface area contributed by atoms with Crippen LogP contribution >= 0.6 is 0 Å². The van der Waals surface area contributed by atoms with E-state index in [1.165, 1.54) is 24.0 Å². The van der Waals surface area contributed by atoms with Crippen molar-refractivity contribution in [1.82, 2.24) is 9.80 Å². The Labute approximate surface area is 264 Å². The van der Waals surface area contributed by atoms with E-state index in [4.69, 9.17) is 9.47 Å². The van der Waals surface area contributed by atoms with Crippen LogP contribution < -0.4 is 25.4 Å². The lowest BCUT2D eigenvalue weighted by Crippen LogP contribution is -2.50. The van der Waals surface area contributed by atoms with Crippen molar-refractivity contribution < 1.29 is 42.1 Å². The lowest BCUT2D eigenvalue weighted by molar-refractivity contribution is -0.137. The van der Waals surface area contributed by atoms with E-state index in [2.05, 4.69) is 16.0 Å². The first kappa shape index (κ1) is 33.9. The molecule has 3 aromatic rings. The summed E-state index contributed by atoms with van der Waals surface area (Å²) >= 11 is 0. The number of ether oxygens (including phenoxy) is 2. The zero-order chi connectivity index (χ0) is 33.6. The quantitative estimate of drug-likeness (QED) is 0.248. The molecular weight excluding hydrogens is 607 g/mol. The fourth-order valence-corrected chi connectivity index (χ4v) is 4.83. The predicted octanol–water partition coefficient (Wildman–Crippen LogP) is 5.74. The second-order valence-corrected chi connectivity index (χ2v) is 11.0. The number of likely N-dealkylation sites (N-methyl/N-ethyl adjacent to an activating group) is 1. The first-order chi connectivity index (χ1) is 21.8. The van der Waals surface area contributed by atoms with Gasteiger partial charge in [-0.25, -0.2) is 9.59 Å². The Morgan fingerprint density at radius 1 is 1.04 bits per heavy atom. The van der Waals surface area contributed by atoms with Gasteiger partial charge in [0.1, 0.15) is 11.9 Å². The molecule has 0 saturated heterocycles. The van der Waals surface area contributed by atoms with Gasteiger partial charge in [-0.2, -0.15) is 13.2 Å². The van der Waals surface area contributed by atoms with E-state index < -0.39 is 41.9 Å². The number of aliphatic hydroxyl groups excluding tert-OH is 1. The summed E-state index contributed by atoms with van der Waals surface area (Å²) in [5.41, 5.74) is 0.169. The number of carbonyl (C=O) groups is 3. The number of nitrogens with zero attached hydrogens (tertiary/aromatic N) is 2. The van der Waals surface area contributed by atoms with Crippen molar-refractivity contribution in [3.05, 3.63) is 77.9 Å². The van der Waals surface area contributed by atoms with E-state index in [0.29, 0.717) is 11.4 Å². The number of nitrogens with one attached hydrogen (secondary N) is 3. The number of rotatable bonds is 8. The maximum Gasteiger partial charge on any atom is 0.416 e. The Balaban J connectivity index is 1.58. The summed E-state index contributed by atoms with van der Waals surface area (Å²) in [7, 11) is 3.03. The van der Waals surface area contributed by atoms with E-state index in [-0.39, 0.29) is 48.3 Å². The minimum atomic E-state index is -4.51. The second-order valence-electron chi connectivity index (χ2n) is 11.0. The molecule has 14 heteroatoms. The molecule has 0 bridgehead atoms. The Morgan fingerprint density at radius 2 is 1.67 bits per heavy atom. The third-order valence-corrected chi connectivity index (χ3v) is 7.55. The van der Waals surface area contributed by atoms with Gasteiger partial charge >= 0.3 is 18.2 Å². The van der Waals surface area contributed by atoms with E-state index in [0.717, 1.165) is 24.3 Å². The molecule has 1 heterocycles. The lowest BCUT2D eigenvalue weighted by Gasteiger charge is -2.38. The van der Waals surface area contributed by atoms with Crippen LogP contribution in [-0.2, 0) is 6.18 Å². The van der Waals surface area contributed by atoms with Crippen LogP contribution in [0.4, 0.5) is 39.8 Å². The van der Waals surface area contributed by atoms with Crippen molar-refractivity contribution in [2.75, 3.05) is 49.8 Å². The highest BCUT2D eigenvalue weighted by molar-refractivity contribution is 6.04. The summed E-state index contributed by atoms with van der Waals surface area (Å²) < 4.78 is 50.4. The number of aliphatic hydroxyl groups is 1. The fraction of sp³-hybridized carbons (Fsp3) is 0.344. The van der Waals surface area contributed by atoms with Crippen molar-refractivity contribution in [2.45, 2.75) is 32.2 Å². The molecule has 0 aliphatic carbocycles. The first-order valence-corrected chi connectivity index (χ1v) is 14.4. The Kier molecular flexibility index (Phi) is 10.6. The highest BCUT2D eigenvalue weighted by Crippen LogP contribution is 2.35. The van der Waals surface area contributed by atoms with Gasteiger partial charge in [-0.3, -0.25) is 4.79 Å². The van der Waals surface area contributed by atoms with Gasteiger partial charge in [0, 0.05) is 30.9 Å². The number of urea groups is 2. The molecule has 246 valence electrons. The van der Waals surface area contributed by atoms with Crippen LogP contribution in [0.2, 0.25) is 0 Å². The summed E-state index contributed by atoms with van der Waals surface area (Å²) in [6, 6.07) is 13.7. The molecule has 0 unspecified atom stereocenters. The summed E-state index contributed by atoms with van der Waals surface area (Å²) in [4.78, 5) is 42.5. The molecule has 1 aliphatic rings. The topological polar surface area (TPSA) is 132 Å². The molecule has 0 fully saturated rings. The number of methoxy groups -OCH3 is 1. The second kappa shape index (κ2) is 14.4. The molecule has 0 aromatic heterocycles. The van der Waals surface area contributed by atoms with Gasteiger partial charge in [-0.15, -0.1) is 0 Å². The van der Waals surface area contributed by atoms with Crippen molar-refractivity contribution in [3.63, 3.8) is 0 Å². The van der Waals surface area contributed by atoms with Gasteiger partial charge in [0.05, 0.1) is 43.1 Å². The van der Waals surface area contributed by atoms with Crippen LogP contribution in [0, 0.1) is 5.92 Å². The van der Waals surface area contributed by atoms with E-state index in [1.54, 1.807) is 49.4 Å². The monoisotopic (exact) mass is 643 g/mol. The molecule has 0 saturated carbocycles. The van der Waals surface area contributed by atoms with Crippen LogP contribution in [0.5, 0.6) is 11.5 Å². The molecule has 4 rings (SSSR count). The Hall–Kier alpha value is -4.98. The predicted molar refractivity (Wildman–Crippen MR) is 166 cm³/mol. The highest BCUT2D eigenvalue weighted by atomic mass is 19.4. The SMILES string of the molecule is COc1ccc(NC(=O)Nc2cccc3c2O[C@H](CN(C)C(=O)Nc2ccc(C(F)(F)F)cc2)[C@@H](C)CN([C@@H](C)CO)C3=O)cc1. The van der Waals surface area contributed by atoms with Gasteiger partial charge in [0.15, 0.2) is 5.75 Å². The minimum absolute atomic E-state index is 0.00892. The van der Waals surface area contributed by atoms with E-state index in [1.807, 2.05) is 6.92 Å². The molecule has 4 N–H and O–H groups in total. The molecule has 0 radical (unpaired) electrons.